The van der Waals surface area contributed by atoms with Crippen molar-refractivity contribution in [3.63, 3.8) is 0 Å². The fourth-order valence-corrected chi connectivity index (χ4v) is 2.97. The molecule has 0 spiro atoms. The third-order valence-electron chi connectivity index (χ3n) is 4.25. The molecule has 4 heterocycles. The minimum absolute atomic E-state index is 0.282. The van der Waals surface area contributed by atoms with Crippen molar-refractivity contribution in [3.05, 3.63) is 42.2 Å². The predicted octanol–water partition coefficient (Wildman–Crippen LogP) is 1.61. The molecular weight excluding hydrogens is 308 g/mol. The standard InChI is InChI=1S/C16H18N6O2/c1-21-13(9-12(20-21)11-3-2-8-24-10-11)19-16(23)14-15-18-5-7-22(15)6-4-17-14/h4-7,9,11H,2-3,8,10H2,1H3,(H,19,23). The average molecular weight is 326 g/mol. The van der Waals surface area contributed by atoms with Crippen molar-refractivity contribution < 1.29 is 9.53 Å². The summed E-state index contributed by atoms with van der Waals surface area (Å²) in [5.41, 5.74) is 1.75. The Bertz CT molecular complexity index is 878. The van der Waals surface area contributed by atoms with Gasteiger partial charge in [0.2, 0.25) is 0 Å². The van der Waals surface area contributed by atoms with Gasteiger partial charge in [0.05, 0.1) is 12.3 Å². The fourth-order valence-electron chi connectivity index (χ4n) is 2.97. The molecule has 1 atom stereocenters. The highest BCUT2D eigenvalue weighted by Crippen LogP contribution is 2.26. The Labute approximate surface area is 138 Å². The highest BCUT2D eigenvalue weighted by Gasteiger charge is 2.21. The van der Waals surface area contributed by atoms with Crippen LogP contribution >= 0.6 is 0 Å². The lowest BCUT2D eigenvalue weighted by Gasteiger charge is -2.19. The summed E-state index contributed by atoms with van der Waals surface area (Å²) in [6.45, 7) is 1.49. The highest BCUT2D eigenvalue weighted by atomic mass is 16.5. The molecule has 1 aliphatic heterocycles. The van der Waals surface area contributed by atoms with Crippen LogP contribution in [0.1, 0.15) is 34.9 Å². The molecule has 124 valence electrons. The van der Waals surface area contributed by atoms with Gasteiger partial charge in [-0.05, 0) is 12.8 Å². The van der Waals surface area contributed by atoms with Crippen molar-refractivity contribution in [3.8, 4) is 0 Å². The summed E-state index contributed by atoms with van der Waals surface area (Å²) in [5, 5.41) is 7.39. The number of carbonyl (C=O) groups excluding carboxylic acids is 1. The molecule has 3 aromatic rings. The first-order valence-corrected chi connectivity index (χ1v) is 7.93. The van der Waals surface area contributed by atoms with Gasteiger partial charge in [-0.3, -0.25) is 9.48 Å². The quantitative estimate of drug-likeness (QED) is 0.790. The number of imidazole rings is 1. The monoisotopic (exact) mass is 326 g/mol. The molecule has 0 saturated carbocycles. The van der Waals surface area contributed by atoms with Crippen LogP contribution in [-0.2, 0) is 11.8 Å². The molecule has 4 rings (SSSR count). The van der Waals surface area contributed by atoms with Crippen molar-refractivity contribution in [1.82, 2.24) is 24.1 Å². The first-order chi connectivity index (χ1) is 11.7. The number of hydrogen-bond donors (Lipinski definition) is 1. The third kappa shape index (κ3) is 2.65. The zero-order valence-corrected chi connectivity index (χ0v) is 13.3. The van der Waals surface area contributed by atoms with Crippen molar-refractivity contribution >= 4 is 17.4 Å². The topological polar surface area (TPSA) is 86.3 Å². The zero-order valence-electron chi connectivity index (χ0n) is 13.3. The summed E-state index contributed by atoms with van der Waals surface area (Å²) >= 11 is 0. The summed E-state index contributed by atoms with van der Waals surface area (Å²) in [6.07, 6.45) is 8.84. The van der Waals surface area contributed by atoms with E-state index in [4.69, 9.17) is 4.74 Å². The molecule has 8 heteroatoms. The van der Waals surface area contributed by atoms with E-state index in [-0.39, 0.29) is 17.5 Å². The lowest BCUT2D eigenvalue weighted by atomic mass is 9.99. The molecule has 1 fully saturated rings. The summed E-state index contributed by atoms with van der Waals surface area (Å²) in [5.74, 6) is 0.613. The number of hydrogen-bond acceptors (Lipinski definition) is 5. The molecule has 8 nitrogen and oxygen atoms in total. The largest absolute Gasteiger partial charge is 0.381 e. The van der Waals surface area contributed by atoms with Crippen molar-refractivity contribution in [2.24, 2.45) is 7.05 Å². The molecule has 0 bridgehead atoms. The Morgan fingerprint density at radius 3 is 2.96 bits per heavy atom. The maximum absolute atomic E-state index is 12.6. The SMILES string of the molecule is Cn1nc(C2CCCOC2)cc1NC(=O)c1nccn2ccnc12. The van der Waals surface area contributed by atoms with Gasteiger partial charge in [-0.15, -0.1) is 0 Å². The number of nitrogens with zero attached hydrogens (tertiary/aromatic N) is 5. The van der Waals surface area contributed by atoms with Crippen molar-refractivity contribution in [2.75, 3.05) is 18.5 Å². The van der Waals surface area contributed by atoms with Crippen LogP contribution in [0.2, 0.25) is 0 Å². The second-order valence-electron chi connectivity index (χ2n) is 5.88. The van der Waals surface area contributed by atoms with Crippen LogP contribution < -0.4 is 5.32 Å². The second kappa shape index (κ2) is 6.04. The van der Waals surface area contributed by atoms with Gasteiger partial charge in [-0.25, -0.2) is 9.97 Å². The van der Waals surface area contributed by atoms with Crippen LogP contribution in [0, 0.1) is 0 Å². The Balaban J connectivity index is 1.57. The van der Waals surface area contributed by atoms with E-state index in [1.165, 1.54) is 0 Å². The van der Waals surface area contributed by atoms with Crippen molar-refractivity contribution in [2.45, 2.75) is 18.8 Å². The van der Waals surface area contributed by atoms with E-state index < -0.39 is 0 Å². The van der Waals surface area contributed by atoms with Crippen LogP contribution in [0.5, 0.6) is 0 Å². The zero-order chi connectivity index (χ0) is 16.5. The Morgan fingerprint density at radius 2 is 2.17 bits per heavy atom. The lowest BCUT2D eigenvalue weighted by molar-refractivity contribution is 0.0791. The van der Waals surface area contributed by atoms with Gasteiger partial charge in [0.15, 0.2) is 11.3 Å². The van der Waals surface area contributed by atoms with Gasteiger partial charge < -0.3 is 14.5 Å². The molecule has 0 aromatic carbocycles. The predicted molar refractivity (Wildman–Crippen MR) is 86.9 cm³/mol. The smallest absolute Gasteiger partial charge is 0.279 e. The number of anilines is 1. The van der Waals surface area contributed by atoms with Crippen LogP contribution in [0.25, 0.3) is 5.65 Å². The number of nitrogens with one attached hydrogen (secondary N) is 1. The highest BCUT2D eigenvalue weighted by molar-refractivity contribution is 6.06. The van der Waals surface area contributed by atoms with Crippen LogP contribution in [0.4, 0.5) is 5.82 Å². The molecule has 1 unspecified atom stereocenters. The summed E-state index contributed by atoms with van der Waals surface area (Å²) < 4.78 is 8.95. The second-order valence-corrected chi connectivity index (χ2v) is 5.88. The third-order valence-corrected chi connectivity index (χ3v) is 4.25. The van der Waals surface area contributed by atoms with Crippen LogP contribution in [0.3, 0.4) is 0 Å². The molecule has 1 aliphatic rings. The van der Waals surface area contributed by atoms with E-state index >= 15 is 0 Å². The van der Waals surface area contributed by atoms with Gasteiger partial charge >= 0.3 is 0 Å². The number of amides is 1. The molecule has 1 amide bonds. The molecule has 1 saturated heterocycles. The molecular formula is C16H18N6O2. The van der Waals surface area contributed by atoms with E-state index in [0.717, 1.165) is 25.1 Å². The van der Waals surface area contributed by atoms with E-state index in [0.29, 0.717) is 18.1 Å². The van der Waals surface area contributed by atoms with Gasteiger partial charge in [-0.1, -0.05) is 0 Å². The minimum Gasteiger partial charge on any atom is -0.381 e. The Kier molecular flexibility index (Phi) is 3.73. The van der Waals surface area contributed by atoms with E-state index in [1.54, 1.807) is 33.9 Å². The summed E-state index contributed by atoms with van der Waals surface area (Å²) in [4.78, 5) is 20.9. The maximum atomic E-state index is 12.6. The molecule has 0 aliphatic carbocycles. The molecule has 24 heavy (non-hydrogen) atoms. The van der Waals surface area contributed by atoms with Gasteiger partial charge in [-0.2, -0.15) is 5.10 Å². The number of ether oxygens (including phenoxy) is 1. The average Bonchev–Trinajstić information content (AvgIpc) is 3.22. The van der Waals surface area contributed by atoms with Crippen LogP contribution in [-0.4, -0.2) is 43.3 Å². The lowest BCUT2D eigenvalue weighted by Crippen LogP contribution is -2.17. The fraction of sp³-hybridized carbons (Fsp3) is 0.375. The van der Waals surface area contributed by atoms with Gasteiger partial charge in [0.1, 0.15) is 5.82 Å². The number of rotatable bonds is 3. The van der Waals surface area contributed by atoms with Crippen molar-refractivity contribution in [1.29, 1.82) is 0 Å². The molecule has 0 radical (unpaired) electrons. The number of carbonyl (C=O) groups is 1. The first kappa shape index (κ1) is 14.8. The number of aryl methyl sites for hydroxylation is 1. The minimum atomic E-state index is -0.304. The van der Waals surface area contributed by atoms with Crippen LogP contribution in [0.15, 0.2) is 30.9 Å². The van der Waals surface area contributed by atoms with E-state index in [1.807, 2.05) is 13.1 Å². The number of fused-ring (bicyclic) bond motifs is 1. The molecule has 1 N–H and O–H groups in total. The summed E-state index contributed by atoms with van der Waals surface area (Å²) in [6, 6.07) is 1.91. The Hall–Kier alpha value is -2.74. The van der Waals surface area contributed by atoms with E-state index in [9.17, 15) is 4.79 Å². The maximum Gasteiger partial charge on any atom is 0.279 e. The normalized spacial score (nSPS) is 18.0. The first-order valence-electron chi connectivity index (χ1n) is 7.93. The van der Waals surface area contributed by atoms with Gasteiger partial charge in [0, 0.05) is 50.4 Å². The number of aromatic nitrogens is 5. The van der Waals surface area contributed by atoms with E-state index in [2.05, 4.69) is 20.4 Å². The Morgan fingerprint density at radius 1 is 1.33 bits per heavy atom. The summed E-state index contributed by atoms with van der Waals surface area (Å²) in [7, 11) is 1.81. The van der Waals surface area contributed by atoms with Gasteiger partial charge in [0.25, 0.3) is 5.91 Å². The molecule has 3 aromatic heterocycles.